The van der Waals surface area contributed by atoms with Gasteiger partial charge in [-0.1, -0.05) is 44.2 Å². The minimum Gasteiger partial charge on any atom is -0.337 e. The van der Waals surface area contributed by atoms with Crippen molar-refractivity contribution < 1.29 is 4.79 Å². The first-order chi connectivity index (χ1) is 9.50. The van der Waals surface area contributed by atoms with Gasteiger partial charge in [-0.05, 0) is 11.5 Å². The molecule has 0 N–H and O–H groups in total. The zero-order valence-electron chi connectivity index (χ0n) is 12.5. The van der Waals surface area contributed by atoms with Gasteiger partial charge in [-0.2, -0.15) is 5.10 Å². The van der Waals surface area contributed by atoms with Crippen molar-refractivity contribution in [1.82, 2.24) is 14.7 Å². The molecule has 0 bridgehead atoms. The van der Waals surface area contributed by atoms with Gasteiger partial charge in [0.2, 0.25) is 0 Å². The summed E-state index contributed by atoms with van der Waals surface area (Å²) in [5, 5.41) is 4.22. The molecule has 0 saturated heterocycles. The summed E-state index contributed by atoms with van der Waals surface area (Å²) in [6.07, 6.45) is 1.67. The summed E-state index contributed by atoms with van der Waals surface area (Å²) in [7, 11) is 3.70. The molecule has 1 aromatic carbocycles. The number of aryl methyl sites for hydroxylation is 1. The highest BCUT2D eigenvalue weighted by Gasteiger charge is 2.21. The Hall–Kier alpha value is -2.10. The van der Waals surface area contributed by atoms with Crippen LogP contribution >= 0.6 is 0 Å². The summed E-state index contributed by atoms with van der Waals surface area (Å²) < 4.78 is 1.79. The summed E-state index contributed by atoms with van der Waals surface area (Å²) in [5.74, 6) is 0.289. The molecule has 2 aromatic rings. The number of hydrogen-bond donors (Lipinski definition) is 0. The van der Waals surface area contributed by atoms with E-state index in [-0.39, 0.29) is 11.8 Å². The fraction of sp³-hybridized carbons (Fsp3) is 0.375. The number of aromatic nitrogens is 2. The molecule has 0 atom stereocenters. The van der Waals surface area contributed by atoms with Crippen LogP contribution in [0.15, 0.2) is 36.5 Å². The normalized spacial score (nSPS) is 10.8. The van der Waals surface area contributed by atoms with E-state index in [2.05, 4.69) is 18.9 Å². The highest BCUT2D eigenvalue weighted by Crippen LogP contribution is 2.20. The Morgan fingerprint density at radius 1 is 1.30 bits per heavy atom. The van der Waals surface area contributed by atoms with E-state index in [0.717, 1.165) is 11.3 Å². The van der Waals surface area contributed by atoms with E-state index in [0.29, 0.717) is 12.1 Å². The molecular weight excluding hydrogens is 250 g/mol. The Morgan fingerprint density at radius 3 is 2.55 bits per heavy atom. The van der Waals surface area contributed by atoms with Gasteiger partial charge in [0.05, 0.1) is 17.5 Å². The molecule has 1 heterocycles. The molecular formula is C16H21N3O. The van der Waals surface area contributed by atoms with Gasteiger partial charge in [0.1, 0.15) is 0 Å². The SMILES string of the molecule is CC(C)c1c(C(=O)N(C)Cc2ccccc2)cnn1C. The van der Waals surface area contributed by atoms with Crippen molar-refractivity contribution >= 4 is 5.91 Å². The van der Waals surface area contributed by atoms with Crippen LogP contribution in [0.1, 0.15) is 41.4 Å². The molecule has 0 saturated carbocycles. The van der Waals surface area contributed by atoms with Crippen LogP contribution in [0.2, 0.25) is 0 Å². The van der Waals surface area contributed by atoms with Crippen molar-refractivity contribution in [2.24, 2.45) is 7.05 Å². The number of amides is 1. The van der Waals surface area contributed by atoms with E-state index in [9.17, 15) is 4.79 Å². The quantitative estimate of drug-likeness (QED) is 0.857. The van der Waals surface area contributed by atoms with Gasteiger partial charge in [-0.3, -0.25) is 9.48 Å². The van der Waals surface area contributed by atoms with Crippen LogP contribution in [0.25, 0.3) is 0 Å². The Morgan fingerprint density at radius 2 is 1.95 bits per heavy atom. The largest absolute Gasteiger partial charge is 0.337 e. The maximum atomic E-state index is 12.6. The maximum absolute atomic E-state index is 12.6. The van der Waals surface area contributed by atoms with Crippen LogP contribution in [0.4, 0.5) is 0 Å². The molecule has 0 aliphatic heterocycles. The molecule has 0 aliphatic carbocycles. The van der Waals surface area contributed by atoms with Crippen molar-refractivity contribution in [3.63, 3.8) is 0 Å². The number of rotatable bonds is 4. The smallest absolute Gasteiger partial charge is 0.257 e. The average Bonchev–Trinajstić information content (AvgIpc) is 2.81. The number of hydrogen-bond acceptors (Lipinski definition) is 2. The summed E-state index contributed by atoms with van der Waals surface area (Å²) in [5.41, 5.74) is 2.80. The monoisotopic (exact) mass is 271 g/mol. The Balaban J connectivity index is 2.19. The predicted molar refractivity (Wildman–Crippen MR) is 79.5 cm³/mol. The lowest BCUT2D eigenvalue weighted by Gasteiger charge is -2.18. The average molecular weight is 271 g/mol. The molecule has 4 nitrogen and oxygen atoms in total. The van der Waals surface area contributed by atoms with Crippen LogP contribution in [0.3, 0.4) is 0 Å². The van der Waals surface area contributed by atoms with E-state index in [4.69, 9.17) is 0 Å². The lowest BCUT2D eigenvalue weighted by molar-refractivity contribution is 0.0783. The summed E-state index contributed by atoms with van der Waals surface area (Å²) in [4.78, 5) is 14.3. The van der Waals surface area contributed by atoms with Crippen LogP contribution in [0, 0.1) is 0 Å². The second-order valence-electron chi connectivity index (χ2n) is 5.37. The molecule has 1 aromatic heterocycles. The maximum Gasteiger partial charge on any atom is 0.257 e. The zero-order valence-corrected chi connectivity index (χ0v) is 12.5. The van der Waals surface area contributed by atoms with Crippen molar-refractivity contribution in [3.05, 3.63) is 53.3 Å². The fourth-order valence-electron chi connectivity index (χ4n) is 2.43. The minimum atomic E-state index is 0.0191. The van der Waals surface area contributed by atoms with Gasteiger partial charge in [0.25, 0.3) is 5.91 Å². The highest BCUT2D eigenvalue weighted by atomic mass is 16.2. The molecule has 0 radical (unpaired) electrons. The third-order valence-electron chi connectivity index (χ3n) is 3.37. The molecule has 4 heteroatoms. The van der Waals surface area contributed by atoms with Gasteiger partial charge < -0.3 is 4.90 Å². The first kappa shape index (κ1) is 14.3. The standard InChI is InChI=1S/C16H21N3O/c1-12(2)15-14(10-17-19(15)4)16(20)18(3)11-13-8-6-5-7-9-13/h5-10,12H,11H2,1-4H3. The van der Waals surface area contributed by atoms with E-state index in [1.807, 2.05) is 44.4 Å². The van der Waals surface area contributed by atoms with E-state index >= 15 is 0 Å². The molecule has 0 spiro atoms. The Bertz CT molecular complexity index is 587. The fourth-order valence-corrected chi connectivity index (χ4v) is 2.43. The molecule has 106 valence electrons. The molecule has 0 fully saturated rings. The van der Waals surface area contributed by atoms with Gasteiger partial charge in [-0.15, -0.1) is 0 Å². The van der Waals surface area contributed by atoms with Crippen LogP contribution in [0.5, 0.6) is 0 Å². The minimum absolute atomic E-state index is 0.0191. The molecule has 0 unspecified atom stereocenters. The van der Waals surface area contributed by atoms with Crippen molar-refractivity contribution in [2.45, 2.75) is 26.3 Å². The summed E-state index contributed by atoms with van der Waals surface area (Å²) >= 11 is 0. The van der Waals surface area contributed by atoms with Crippen LogP contribution in [-0.4, -0.2) is 27.6 Å². The zero-order chi connectivity index (χ0) is 14.7. The number of carbonyl (C=O) groups is 1. The second kappa shape index (κ2) is 5.90. The Labute approximate surface area is 120 Å². The van der Waals surface area contributed by atoms with Gasteiger partial charge in [0.15, 0.2) is 0 Å². The molecule has 20 heavy (non-hydrogen) atoms. The first-order valence-electron chi connectivity index (χ1n) is 6.82. The van der Waals surface area contributed by atoms with Crippen molar-refractivity contribution in [2.75, 3.05) is 7.05 Å². The van der Waals surface area contributed by atoms with Gasteiger partial charge >= 0.3 is 0 Å². The second-order valence-corrected chi connectivity index (χ2v) is 5.37. The van der Waals surface area contributed by atoms with Crippen molar-refractivity contribution in [3.8, 4) is 0 Å². The molecule has 2 rings (SSSR count). The first-order valence-corrected chi connectivity index (χ1v) is 6.82. The summed E-state index contributed by atoms with van der Waals surface area (Å²) in [6.45, 7) is 4.75. The van der Waals surface area contributed by atoms with Gasteiger partial charge in [-0.25, -0.2) is 0 Å². The third kappa shape index (κ3) is 2.90. The van der Waals surface area contributed by atoms with Gasteiger partial charge in [0, 0.05) is 20.6 Å². The van der Waals surface area contributed by atoms with E-state index in [1.54, 1.807) is 15.8 Å². The van der Waals surface area contributed by atoms with E-state index in [1.165, 1.54) is 0 Å². The third-order valence-corrected chi connectivity index (χ3v) is 3.37. The topological polar surface area (TPSA) is 38.1 Å². The lowest BCUT2D eigenvalue weighted by Crippen LogP contribution is -2.27. The van der Waals surface area contributed by atoms with Crippen LogP contribution in [-0.2, 0) is 13.6 Å². The molecule has 1 amide bonds. The molecule has 0 aliphatic rings. The van der Waals surface area contributed by atoms with E-state index < -0.39 is 0 Å². The lowest BCUT2D eigenvalue weighted by atomic mass is 10.0. The Kier molecular flexibility index (Phi) is 4.23. The number of benzene rings is 1. The number of nitrogens with zero attached hydrogens (tertiary/aromatic N) is 3. The van der Waals surface area contributed by atoms with Crippen molar-refractivity contribution in [1.29, 1.82) is 0 Å². The highest BCUT2D eigenvalue weighted by molar-refractivity contribution is 5.95. The predicted octanol–water partition coefficient (Wildman–Crippen LogP) is 2.82. The van der Waals surface area contributed by atoms with Crippen LogP contribution < -0.4 is 0 Å². The summed E-state index contributed by atoms with van der Waals surface area (Å²) in [6, 6.07) is 9.99. The number of carbonyl (C=O) groups excluding carboxylic acids is 1.